The molecule has 1 aliphatic carbocycles. The van der Waals surface area contributed by atoms with Crippen LogP contribution in [0.2, 0.25) is 0 Å². The molecule has 2 heterocycles. The van der Waals surface area contributed by atoms with Crippen LogP contribution in [0.1, 0.15) is 69.0 Å². The number of rotatable bonds is 3. The second-order valence-electron chi connectivity index (χ2n) is 5.67. The molecule has 0 amide bonds. The number of nitrogen functional groups attached to an aromatic ring is 1. The van der Waals surface area contributed by atoms with Gasteiger partial charge >= 0.3 is 0 Å². The third kappa shape index (κ3) is 2.72. The van der Waals surface area contributed by atoms with Crippen LogP contribution < -0.4 is 11.3 Å². The molecule has 1 aromatic rings. The number of aromatic nitrogens is 2. The SMILES string of the molecule is CC1CCC(c2nc(NN)cc(C3CCCC3)n2)O1. The third-order valence-corrected chi connectivity index (χ3v) is 4.20. The Morgan fingerprint density at radius 1 is 1.21 bits per heavy atom. The predicted octanol–water partition coefficient (Wildman–Crippen LogP) is 2.66. The van der Waals surface area contributed by atoms with Crippen LogP contribution in [-0.4, -0.2) is 16.1 Å². The zero-order valence-electron chi connectivity index (χ0n) is 11.4. The standard InChI is InChI=1S/C14H22N4O/c1-9-6-7-12(19-9)14-16-11(8-13(17-14)18-15)10-4-2-3-5-10/h8-10,12H,2-7,15H2,1H3,(H,16,17,18). The summed E-state index contributed by atoms with van der Waals surface area (Å²) in [7, 11) is 0. The Balaban J connectivity index is 1.88. The molecule has 2 unspecified atom stereocenters. The predicted molar refractivity (Wildman–Crippen MR) is 73.6 cm³/mol. The number of ether oxygens (including phenoxy) is 1. The molecule has 5 heteroatoms. The van der Waals surface area contributed by atoms with Gasteiger partial charge in [-0.1, -0.05) is 12.8 Å². The van der Waals surface area contributed by atoms with Crippen LogP contribution in [0.5, 0.6) is 0 Å². The second kappa shape index (κ2) is 5.43. The second-order valence-corrected chi connectivity index (χ2v) is 5.67. The molecule has 19 heavy (non-hydrogen) atoms. The summed E-state index contributed by atoms with van der Waals surface area (Å²) in [5.74, 6) is 7.59. The van der Waals surface area contributed by atoms with E-state index in [1.54, 1.807) is 0 Å². The first-order chi connectivity index (χ1) is 9.26. The lowest BCUT2D eigenvalue weighted by Crippen LogP contribution is -2.14. The van der Waals surface area contributed by atoms with E-state index >= 15 is 0 Å². The highest BCUT2D eigenvalue weighted by Gasteiger charge is 2.28. The number of hydrogen-bond donors (Lipinski definition) is 2. The summed E-state index contributed by atoms with van der Waals surface area (Å²) >= 11 is 0. The molecule has 1 saturated heterocycles. The fraction of sp³-hybridized carbons (Fsp3) is 0.714. The van der Waals surface area contributed by atoms with Crippen molar-refractivity contribution >= 4 is 5.82 Å². The summed E-state index contributed by atoms with van der Waals surface area (Å²) in [5.41, 5.74) is 3.78. The van der Waals surface area contributed by atoms with Gasteiger partial charge < -0.3 is 10.2 Å². The molecule has 0 bridgehead atoms. The van der Waals surface area contributed by atoms with Crippen molar-refractivity contribution in [3.8, 4) is 0 Å². The fourth-order valence-corrected chi connectivity index (χ4v) is 3.13. The van der Waals surface area contributed by atoms with E-state index in [9.17, 15) is 0 Å². The number of nitrogens with zero attached hydrogens (tertiary/aromatic N) is 2. The maximum atomic E-state index is 5.87. The Kier molecular flexibility index (Phi) is 3.66. The van der Waals surface area contributed by atoms with Crippen LogP contribution in [-0.2, 0) is 4.74 Å². The Morgan fingerprint density at radius 3 is 2.63 bits per heavy atom. The van der Waals surface area contributed by atoms with Crippen LogP contribution in [0.3, 0.4) is 0 Å². The lowest BCUT2D eigenvalue weighted by Gasteiger charge is -2.15. The largest absolute Gasteiger partial charge is 0.367 e. The molecule has 3 rings (SSSR count). The van der Waals surface area contributed by atoms with Crippen LogP contribution in [0.25, 0.3) is 0 Å². The summed E-state index contributed by atoms with van der Waals surface area (Å²) in [6.07, 6.45) is 7.46. The minimum Gasteiger partial charge on any atom is -0.367 e. The normalized spacial score (nSPS) is 27.9. The fourth-order valence-electron chi connectivity index (χ4n) is 3.13. The van der Waals surface area contributed by atoms with Gasteiger partial charge in [0, 0.05) is 17.7 Å². The molecule has 1 saturated carbocycles. The monoisotopic (exact) mass is 262 g/mol. The third-order valence-electron chi connectivity index (χ3n) is 4.20. The molecular weight excluding hydrogens is 240 g/mol. The highest BCUT2D eigenvalue weighted by molar-refractivity contribution is 5.36. The van der Waals surface area contributed by atoms with Crippen molar-refractivity contribution in [3.05, 3.63) is 17.6 Å². The first-order valence-corrected chi connectivity index (χ1v) is 7.27. The zero-order chi connectivity index (χ0) is 13.2. The van der Waals surface area contributed by atoms with E-state index in [0.717, 1.165) is 24.4 Å². The van der Waals surface area contributed by atoms with Crippen LogP contribution in [0.15, 0.2) is 6.07 Å². The average molecular weight is 262 g/mol. The molecule has 2 atom stereocenters. The van der Waals surface area contributed by atoms with Crippen molar-refractivity contribution in [2.75, 3.05) is 5.43 Å². The number of anilines is 1. The van der Waals surface area contributed by atoms with Crippen molar-refractivity contribution in [3.63, 3.8) is 0 Å². The Labute approximate surface area is 113 Å². The number of nitrogens with one attached hydrogen (secondary N) is 1. The smallest absolute Gasteiger partial charge is 0.159 e. The summed E-state index contributed by atoms with van der Waals surface area (Å²) in [5, 5.41) is 0. The van der Waals surface area contributed by atoms with E-state index < -0.39 is 0 Å². The molecule has 2 aliphatic rings. The van der Waals surface area contributed by atoms with Gasteiger partial charge in [-0.3, -0.25) is 0 Å². The van der Waals surface area contributed by atoms with Gasteiger partial charge in [-0.2, -0.15) is 0 Å². The van der Waals surface area contributed by atoms with Crippen LogP contribution >= 0.6 is 0 Å². The lowest BCUT2D eigenvalue weighted by molar-refractivity contribution is 0.0502. The molecule has 104 valence electrons. The summed E-state index contributed by atoms with van der Waals surface area (Å²) in [6.45, 7) is 2.10. The van der Waals surface area contributed by atoms with Crippen molar-refractivity contribution in [1.82, 2.24) is 9.97 Å². The number of hydrazine groups is 1. The van der Waals surface area contributed by atoms with E-state index in [-0.39, 0.29) is 6.10 Å². The molecule has 5 nitrogen and oxygen atoms in total. The van der Waals surface area contributed by atoms with Crippen LogP contribution in [0.4, 0.5) is 5.82 Å². The summed E-state index contributed by atoms with van der Waals surface area (Å²) in [6, 6.07) is 1.98. The topological polar surface area (TPSA) is 73.1 Å². The Bertz CT molecular complexity index is 445. The minimum atomic E-state index is 0.0310. The van der Waals surface area contributed by atoms with E-state index in [0.29, 0.717) is 17.8 Å². The van der Waals surface area contributed by atoms with Gasteiger partial charge in [-0.05, 0) is 32.6 Å². The molecule has 2 fully saturated rings. The first kappa shape index (κ1) is 12.8. The van der Waals surface area contributed by atoms with Gasteiger partial charge in [-0.15, -0.1) is 0 Å². The first-order valence-electron chi connectivity index (χ1n) is 7.27. The lowest BCUT2D eigenvalue weighted by atomic mass is 10.0. The Morgan fingerprint density at radius 2 is 2.00 bits per heavy atom. The number of nitrogens with two attached hydrogens (primary N) is 1. The van der Waals surface area contributed by atoms with E-state index in [2.05, 4.69) is 17.3 Å². The van der Waals surface area contributed by atoms with Crippen LogP contribution in [0, 0.1) is 0 Å². The van der Waals surface area contributed by atoms with Crippen molar-refractivity contribution in [2.24, 2.45) is 5.84 Å². The zero-order valence-corrected chi connectivity index (χ0v) is 11.4. The average Bonchev–Trinajstić information content (AvgIpc) is 3.09. The highest BCUT2D eigenvalue weighted by Crippen LogP contribution is 2.36. The summed E-state index contributed by atoms with van der Waals surface area (Å²) < 4.78 is 5.87. The van der Waals surface area contributed by atoms with Gasteiger partial charge in [0.1, 0.15) is 11.9 Å². The molecule has 0 aromatic carbocycles. The van der Waals surface area contributed by atoms with Crippen molar-refractivity contribution in [1.29, 1.82) is 0 Å². The van der Waals surface area contributed by atoms with Gasteiger partial charge in [0.2, 0.25) is 0 Å². The van der Waals surface area contributed by atoms with Crippen molar-refractivity contribution < 1.29 is 4.74 Å². The maximum Gasteiger partial charge on any atom is 0.159 e. The molecule has 3 N–H and O–H groups in total. The summed E-state index contributed by atoms with van der Waals surface area (Å²) in [4.78, 5) is 9.22. The maximum absolute atomic E-state index is 5.87. The Hall–Kier alpha value is -1.20. The minimum absolute atomic E-state index is 0.0310. The number of hydrogen-bond acceptors (Lipinski definition) is 5. The van der Waals surface area contributed by atoms with Gasteiger partial charge in [-0.25, -0.2) is 15.8 Å². The van der Waals surface area contributed by atoms with E-state index in [1.165, 1.54) is 25.7 Å². The van der Waals surface area contributed by atoms with Gasteiger partial charge in [0.25, 0.3) is 0 Å². The molecule has 0 spiro atoms. The molecular formula is C14H22N4O. The van der Waals surface area contributed by atoms with Crippen molar-refractivity contribution in [2.45, 2.75) is 63.6 Å². The highest BCUT2D eigenvalue weighted by atomic mass is 16.5. The van der Waals surface area contributed by atoms with E-state index in [4.69, 9.17) is 15.6 Å². The molecule has 1 aromatic heterocycles. The van der Waals surface area contributed by atoms with E-state index in [1.807, 2.05) is 6.07 Å². The quantitative estimate of drug-likeness (QED) is 0.647. The molecule has 1 aliphatic heterocycles. The molecule has 0 radical (unpaired) electrons. The van der Waals surface area contributed by atoms with Gasteiger partial charge in [0.15, 0.2) is 5.82 Å². The van der Waals surface area contributed by atoms with Gasteiger partial charge in [0.05, 0.1) is 6.10 Å².